The van der Waals surface area contributed by atoms with Crippen LogP contribution in [0.2, 0.25) is 5.02 Å². The molecular weight excluding hydrogens is 478 g/mol. The minimum atomic E-state index is -1.09. The van der Waals surface area contributed by atoms with Crippen molar-refractivity contribution in [1.82, 2.24) is 4.98 Å². The summed E-state index contributed by atoms with van der Waals surface area (Å²) in [7, 11) is 0. The number of carboxylic acid groups (broad SMARTS) is 1. The Balaban J connectivity index is 1.55. The van der Waals surface area contributed by atoms with E-state index in [1.807, 2.05) is 25.1 Å². The standard InChI is InChI=1S/C20H13BrClN3O3S/c1-10(24-25-20-23-15-5-3-12(21)9-18(15)29-20)16-6-7-17(28-16)11-2-4-14(22)13(8-11)19(26)27/h2-9H,1H3,(H,23,25)(H,26,27)/b24-10+. The van der Waals surface area contributed by atoms with Gasteiger partial charge in [0.1, 0.15) is 11.5 Å². The zero-order chi connectivity index (χ0) is 20.5. The highest BCUT2D eigenvalue weighted by molar-refractivity contribution is 9.10. The Morgan fingerprint density at radius 1 is 1.24 bits per heavy atom. The van der Waals surface area contributed by atoms with Crippen molar-refractivity contribution >= 4 is 65.9 Å². The zero-order valence-corrected chi connectivity index (χ0v) is 18.1. The number of rotatable bonds is 5. The van der Waals surface area contributed by atoms with Crippen molar-refractivity contribution in [3.05, 3.63) is 69.3 Å². The quantitative estimate of drug-likeness (QED) is 0.246. The normalized spacial score (nSPS) is 11.8. The Kier molecular flexibility index (Phi) is 5.40. The predicted molar refractivity (Wildman–Crippen MR) is 119 cm³/mol. The topological polar surface area (TPSA) is 87.7 Å². The van der Waals surface area contributed by atoms with Crippen LogP contribution < -0.4 is 5.43 Å². The number of hydrazone groups is 1. The third-order valence-electron chi connectivity index (χ3n) is 4.11. The van der Waals surface area contributed by atoms with Gasteiger partial charge in [0.15, 0.2) is 5.76 Å². The van der Waals surface area contributed by atoms with Crippen molar-refractivity contribution in [2.24, 2.45) is 5.10 Å². The van der Waals surface area contributed by atoms with E-state index in [-0.39, 0.29) is 10.6 Å². The van der Waals surface area contributed by atoms with Crippen LogP contribution in [-0.4, -0.2) is 21.8 Å². The van der Waals surface area contributed by atoms with Crippen molar-refractivity contribution < 1.29 is 14.3 Å². The Hall–Kier alpha value is -2.68. The average Bonchev–Trinajstić information content (AvgIpc) is 3.33. The number of halogens is 2. The largest absolute Gasteiger partial charge is 0.478 e. The molecule has 2 aromatic carbocycles. The molecule has 0 aliphatic heterocycles. The van der Waals surface area contributed by atoms with Gasteiger partial charge in [0.05, 0.1) is 20.8 Å². The molecule has 0 amide bonds. The Labute approximate surface area is 183 Å². The van der Waals surface area contributed by atoms with Crippen LogP contribution in [0.4, 0.5) is 5.13 Å². The van der Waals surface area contributed by atoms with Crippen LogP contribution in [-0.2, 0) is 0 Å². The van der Waals surface area contributed by atoms with Gasteiger partial charge in [0, 0.05) is 10.0 Å². The van der Waals surface area contributed by atoms with Crippen LogP contribution in [0.15, 0.2) is 62.5 Å². The van der Waals surface area contributed by atoms with Crippen molar-refractivity contribution in [2.75, 3.05) is 5.43 Å². The molecule has 4 aromatic rings. The predicted octanol–water partition coefficient (Wildman–Crippen LogP) is 6.51. The molecule has 29 heavy (non-hydrogen) atoms. The van der Waals surface area contributed by atoms with Crippen LogP contribution in [0.1, 0.15) is 23.0 Å². The van der Waals surface area contributed by atoms with Gasteiger partial charge < -0.3 is 9.52 Å². The molecule has 0 aliphatic rings. The highest BCUT2D eigenvalue weighted by Gasteiger charge is 2.13. The van der Waals surface area contributed by atoms with E-state index in [1.165, 1.54) is 23.5 Å². The second-order valence-corrected chi connectivity index (χ2v) is 8.46. The molecule has 0 radical (unpaired) electrons. The number of nitrogens with zero attached hydrogens (tertiary/aromatic N) is 2. The lowest BCUT2D eigenvalue weighted by molar-refractivity contribution is 0.0697. The van der Waals surface area contributed by atoms with Gasteiger partial charge in [-0.3, -0.25) is 5.43 Å². The number of nitrogens with one attached hydrogen (secondary N) is 1. The first-order valence-corrected chi connectivity index (χ1v) is 10.4. The third kappa shape index (κ3) is 4.19. The van der Waals surface area contributed by atoms with E-state index in [1.54, 1.807) is 18.2 Å². The van der Waals surface area contributed by atoms with Gasteiger partial charge in [-0.25, -0.2) is 9.78 Å². The number of furan rings is 1. The van der Waals surface area contributed by atoms with E-state index < -0.39 is 5.97 Å². The average molecular weight is 491 g/mol. The van der Waals surface area contributed by atoms with Crippen molar-refractivity contribution in [1.29, 1.82) is 0 Å². The summed E-state index contributed by atoms with van der Waals surface area (Å²) in [6, 6.07) is 14.2. The fourth-order valence-corrected chi connectivity index (χ4v) is 4.22. The minimum Gasteiger partial charge on any atom is -0.478 e. The van der Waals surface area contributed by atoms with E-state index in [0.29, 0.717) is 27.9 Å². The summed E-state index contributed by atoms with van der Waals surface area (Å²) in [6.45, 7) is 1.81. The van der Waals surface area contributed by atoms with Gasteiger partial charge in [0.25, 0.3) is 0 Å². The lowest BCUT2D eigenvalue weighted by atomic mass is 10.1. The number of hydrogen-bond acceptors (Lipinski definition) is 6. The molecule has 0 bridgehead atoms. The van der Waals surface area contributed by atoms with Crippen LogP contribution in [0.5, 0.6) is 0 Å². The van der Waals surface area contributed by atoms with Gasteiger partial charge in [-0.2, -0.15) is 5.10 Å². The summed E-state index contributed by atoms with van der Waals surface area (Å²) in [5, 5.41) is 14.4. The number of benzene rings is 2. The van der Waals surface area contributed by atoms with Crippen molar-refractivity contribution in [3.63, 3.8) is 0 Å². The number of carbonyl (C=O) groups is 1. The maximum Gasteiger partial charge on any atom is 0.337 e. The van der Waals surface area contributed by atoms with E-state index >= 15 is 0 Å². The second-order valence-electron chi connectivity index (χ2n) is 6.10. The molecule has 2 heterocycles. The summed E-state index contributed by atoms with van der Waals surface area (Å²) < 4.78 is 7.88. The van der Waals surface area contributed by atoms with Crippen LogP contribution in [0.25, 0.3) is 21.5 Å². The van der Waals surface area contributed by atoms with Gasteiger partial charge >= 0.3 is 5.97 Å². The van der Waals surface area contributed by atoms with Crippen LogP contribution in [0, 0.1) is 0 Å². The summed E-state index contributed by atoms with van der Waals surface area (Å²) >= 11 is 10.9. The number of anilines is 1. The van der Waals surface area contributed by atoms with Gasteiger partial charge in [-0.15, -0.1) is 0 Å². The van der Waals surface area contributed by atoms with Crippen LogP contribution >= 0.6 is 38.9 Å². The molecular formula is C20H13BrClN3O3S. The van der Waals surface area contributed by atoms with Gasteiger partial charge in [-0.05, 0) is 55.5 Å². The molecule has 146 valence electrons. The lowest BCUT2D eigenvalue weighted by Crippen LogP contribution is -1.98. The number of fused-ring (bicyclic) bond motifs is 1. The van der Waals surface area contributed by atoms with Gasteiger partial charge in [0.2, 0.25) is 5.13 Å². The van der Waals surface area contributed by atoms with E-state index in [4.69, 9.17) is 16.0 Å². The number of aromatic carboxylic acids is 1. The monoisotopic (exact) mass is 489 g/mol. The summed E-state index contributed by atoms with van der Waals surface area (Å²) in [4.78, 5) is 15.8. The highest BCUT2D eigenvalue weighted by Crippen LogP contribution is 2.29. The Morgan fingerprint density at radius 2 is 2.07 bits per heavy atom. The molecule has 0 saturated heterocycles. The molecule has 2 N–H and O–H groups in total. The first kappa shape index (κ1) is 19.6. The maximum atomic E-state index is 11.3. The molecule has 0 fully saturated rings. The molecule has 0 saturated carbocycles. The first-order valence-electron chi connectivity index (χ1n) is 8.40. The first-order chi connectivity index (χ1) is 13.9. The van der Waals surface area contributed by atoms with E-state index in [9.17, 15) is 9.90 Å². The van der Waals surface area contributed by atoms with E-state index in [0.717, 1.165) is 14.7 Å². The molecule has 9 heteroatoms. The molecule has 0 spiro atoms. The third-order valence-corrected chi connectivity index (χ3v) is 5.86. The summed E-state index contributed by atoms with van der Waals surface area (Å²) in [5.74, 6) is -0.00447. The number of hydrogen-bond donors (Lipinski definition) is 2. The lowest BCUT2D eigenvalue weighted by Gasteiger charge is -2.02. The van der Waals surface area contributed by atoms with Crippen molar-refractivity contribution in [3.8, 4) is 11.3 Å². The summed E-state index contributed by atoms with van der Waals surface area (Å²) in [6.07, 6.45) is 0. The molecule has 2 aromatic heterocycles. The highest BCUT2D eigenvalue weighted by atomic mass is 79.9. The number of aromatic nitrogens is 1. The maximum absolute atomic E-state index is 11.3. The number of carboxylic acids is 1. The zero-order valence-electron chi connectivity index (χ0n) is 14.9. The molecule has 6 nitrogen and oxygen atoms in total. The fourth-order valence-electron chi connectivity index (χ4n) is 2.66. The number of thiazole rings is 1. The van der Waals surface area contributed by atoms with Crippen molar-refractivity contribution in [2.45, 2.75) is 6.92 Å². The van der Waals surface area contributed by atoms with Crippen LogP contribution in [0.3, 0.4) is 0 Å². The molecule has 4 rings (SSSR count). The molecule has 0 atom stereocenters. The molecule has 0 unspecified atom stereocenters. The van der Waals surface area contributed by atoms with E-state index in [2.05, 4.69) is 31.4 Å². The van der Waals surface area contributed by atoms with Gasteiger partial charge in [-0.1, -0.05) is 38.9 Å². The fraction of sp³-hybridized carbons (Fsp3) is 0.0500. The SMILES string of the molecule is C/C(=N\Nc1nc2ccc(Br)cc2s1)c1ccc(-c2ccc(Cl)c(C(=O)O)c2)o1. The molecule has 0 aliphatic carbocycles. The minimum absolute atomic E-state index is 0.0247. The Morgan fingerprint density at radius 3 is 2.86 bits per heavy atom. The smallest absolute Gasteiger partial charge is 0.337 e. The Bertz CT molecular complexity index is 1270. The second kappa shape index (κ2) is 7.98. The summed E-state index contributed by atoms with van der Waals surface area (Å²) in [5.41, 5.74) is 5.13.